The van der Waals surface area contributed by atoms with Crippen molar-refractivity contribution >= 4 is 149 Å². The number of halogens is 1. The smallest absolute Gasteiger partial charge is 0.398 e. The van der Waals surface area contributed by atoms with Gasteiger partial charge in [0.15, 0.2) is 93.8 Å². The summed E-state index contributed by atoms with van der Waals surface area (Å²) >= 11 is 0. The molecule has 9 aliphatic heterocycles. The highest BCUT2D eigenvalue weighted by Gasteiger charge is 2.59. The first kappa shape index (κ1) is 95.7. The Morgan fingerprint density at radius 3 is 0.993 bits per heavy atom. The minimum atomic E-state index is -5.16. The molecule has 0 spiro atoms. The highest BCUT2D eigenvalue weighted by Crippen LogP contribution is 2.59. The third-order valence-electron chi connectivity index (χ3n) is 22.6. The number of hydrogen-bond acceptors (Lipinski definition) is 51. The Kier molecular flexibility index (Phi) is 25.1. The molecule has 12 aromatic heterocycles. The van der Waals surface area contributed by atoms with Crippen LogP contribution in [0.25, 0.3) is 66.9 Å². The molecule has 137 heavy (non-hydrogen) atoms. The number of nitrogens with one attached hydrogen (secondary N) is 3. The quantitative estimate of drug-likeness (QED) is 0.0695. The van der Waals surface area contributed by atoms with Crippen LogP contribution in [-0.2, 0) is 110 Å². The van der Waals surface area contributed by atoms with Crippen LogP contribution >= 0.6 is 46.9 Å². The lowest BCUT2D eigenvalue weighted by molar-refractivity contribution is -0.0673. The SMILES string of the molecule is Cc1nc(N)c2ncn([C@@H]3O[C@@H]4COP(=O)(O)O[C@@H]5[C@H](O)[C@@H](COP(=O)(O)O[C@H]4[C@H]3O)O[C@H]5n3cnc4c(=O)[nH]c(N)nc43)c2n1.Nc1nc2c(ncn2[C@@H]2O[C@@H]3COP(=O)(O)O[C@H]4[C@@H](O)[C@H](n5cc(F)c6c(N)ccnc65)O[C@@H]4COP(=O)(O)O[C@@H]2[C@@H]3O)c(=O)[nH]1.Nc1nc2c(ncn2[C@@H]2O[C@@H]3COP(=O)(O)O[C@H]4[C@@H](O)[C@H](n5cnc6c(N)ccnc65)O[C@@H]4COP(=O)(O)O[C@@H]2[C@@H]3O)c(=O)[nH]1. The van der Waals surface area contributed by atoms with Gasteiger partial charge in [0.2, 0.25) is 17.8 Å². The lowest BCUT2D eigenvalue weighted by atomic mass is 10.1. The number of phosphoric ester groups is 6. The first-order chi connectivity index (χ1) is 64.8. The number of nitrogen functional groups attached to an aromatic ring is 6. The van der Waals surface area contributed by atoms with Crippen molar-refractivity contribution in [2.45, 2.75) is 154 Å². The first-order valence-electron chi connectivity index (χ1n) is 39.8. The van der Waals surface area contributed by atoms with Crippen molar-refractivity contribution in [1.82, 2.24) is 102 Å². The van der Waals surface area contributed by atoms with Gasteiger partial charge in [-0.05, 0) is 19.1 Å². The molecule has 30 atom stereocenters. The molecule has 0 amide bonds. The summed E-state index contributed by atoms with van der Waals surface area (Å²) in [4.78, 5) is 156. The van der Waals surface area contributed by atoms with E-state index in [1.807, 2.05) is 0 Å². The summed E-state index contributed by atoms with van der Waals surface area (Å²) in [5, 5.41) is 66.4. The van der Waals surface area contributed by atoms with Crippen molar-refractivity contribution in [2.75, 3.05) is 74.0 Å². The van der Waals surface area contributed by atoms with Crippen LogP contribution in [0.5, 0.6) is 0 Å². The summed E-state index contributed by atoms with van der Waals surface area (Å²) in [6.45, 7) is -3.46. The lowest BCUT2D eigenvalue weighted by Gasteiger charge is -2.25. The van der Waals surface area contributed by atoms with Crippen molar-refractivity contribution in [3.05, 3.63) is 105 Å². The van der Waals surface area contributed by atoms with Gasteiger partial charge in [0.25, 0.3) is 16.7 Å². The van der Waals surface area contributed by atoms with Crippen LogP contribution in [0.4, 0.5) is 39.4 Å². The predicted octanol–water partition coefficient (Wildman–Crippen LogP) is -4.76. The summed E-state index contributed by atoms with van der Waals surface area (Å²) in [6.07, 6.45) is -29.1. The minimum Gasteiger partial charge on any atom is -0.398 e. The number of hydrogen-bond donors (Lipinski definition) is 21. The summed E-state index contributed by atoms with van der Waals surface area (Å²) in [5.41, 5.74) is 32.8. The maximum atomic E-state index is 14.8. The molecule has 0 saturated carbocycles. The van der Waals surface area contributed by atoms with E-state index in [9.17, 15) is 106 Å². The molecule has 73 heteroatoms. The van der Waals surface area contributed by atoms with E-state index in [4.69, 9.17) is 117 Å². The normalized spacial score (nSPS) is 37.3. The molecule has 66 nitrogen and oxygen atoms in total. The van der Waals surface area contributed by atoms with Crippen molar-refractivity contribution < 1.29 is 174 Å². The number of aliphatic hydroxyl groups excluding tert-OH is 6. The molecule has 12 aromatic rings. The fourth-order valence-electron chi connectivity index (χ4n) is 16.4. The topological polar surface area (TPSA) is 950 Å². The minimum absolute atomic E-state index is 0.0367. The highest BCUT2D eigenvalue weighted by atomic mass is 31.2. The number of aryl methyl sites for hydroxylation is 1. The first-order valence-corrected chi connectivity index (χ1v) is 48.8. The third kappa shape index (κ3) is 18.3. The number of imidazole rings is 5. The summed E-state index contributed by atoms with van der Waals surface area (Å²) in [6, 6.07) is 2.86. The van der Waals surface area contributed by atoms with Gasteiger partial charge < -0.3 is 127 Å². The second kappa shape index (κ2) is 35.9. The Morgan fingerprint density at radius 2 is 0.628 bits per heavy atom. The number of anilines is 6. The van der Waals surface area contributed by atoms with E-state index in [0.29, 0.717) is 0 Å². The van der Waals surface area contributed by atoms with Crippen LogP contribution in [0.3, 0.4) is 0 Å². The van der Waals surface area contributed by atoms with Crippen molar-refractivity contribution in [3.8, 4) is 0 Å². The number of nitrogens with two attached hydrogens (primary N) is 6. The molecule has 27 N–H and O–H groups in total. The summed E-state index contributed by atoms with van der Waals surface area (Å²) < 4.78 is 198. The number of aromatic nitrogens is 21. The van der Waals surface area contributed by atoms with Gasteiger partial charge in [-0.15, -0.1) is 0 Å². The summed E-state index contributed by atoms with van der Waals surface area (Å²) in [5.74, 6) is -1.34. The maximum Gasteiger partial charge on any atom is 0.472 e. The Morgan fingerprint density at radius 1 is 0.343 bits per heavy atom. The molecule has 21 rings (SSSR count). The Bertz CT molecular complexity index is 7230. The predicted molar refractivity (Wildman–Crippen MR) is 442 cm³/mol. The van der Waals surface area contributed by atoms with Crippen molar-refractivity contribution in [1.29, 1.82) is 0 Å². The number of fused-ring (bicyclic) bond motifs is 15. The zero-order valence-electron chi connectivity index (χ0n) is 68.8. The number of nitrogens with zero attached hydrogens (tertiary/aromatic N) is 18. The van der Waals surface area contributed by atoms with Crippen molar-refractivity contribution in [2.24, 2.45) is 0 Å². The Balaban J connectivity index is 0.000000132. The number of aliphatic hydroxyl groups is 6. The average molecular weight is 2050 g/mol. The second-order valence-corrected chi connectivity index (χ2v) is 39.8. The van der Waals surface area contributed by atoms with E-state index >= 15 is 0 Å². The Hall–Kier alpha value is -10.2. The van der Waals surface area contributed by atoms with E-state index < -0.39 is 256 Å². The van der Waals surface area contributed by atoms with Gasteiger partial charge in [-0.1, -0.05) is 0 Å². The van der Waals surface area contributed by atoms with E-state index in [-0.39, 0.29) is 108 Å². The van der Waals surface area contributed by atoms with Crippen LogP contribution < -0.4 is 51.1 Å². The molecule has 9 aliphatic rings. The van der Waals surface area contributed by atoms with Crippen molar-refractivity contribution in [3.63, 3.8) is 0 Å². The highest BCUT2D eigenvalue weighted by molar-refractivity contribution is 7.48. The van der Waals surface area contributed by atoms with E-state index in [1.165, 1.54) is 46.3 Å². The van der Waals surface area contributed by atoms with Crippen LogP contribution in [0.2, 0.25) is 0 Å². The van der Waals surface area contributed by atoms with E-state index in [1.54, 1.807) is 6.92 Å². The number of pyridine rings is 2. The fraction of sp³-hybridized carbons (Fsp3) is 0.484. The Labute approximate surface area is 755 Å². The summed E-state index contributed by atoms with van der Waals surface area (Å²) in [7, 11) is -30.6. The molecule has 738 valence electrons. The number of aromatic amines is 3. The average Bonchev–Trinajstić information content (AvgIpc) is 1.58. The third-order valence-corrected chi connectivity index (χ3v) is 28.5. The number of rotatable bonds is 6. The van der Waals surface area contributed by atoms with Gasteiger partial charge in [-0.3, -0.25) is 106 Å². The molecule has 6 bridgehead atoms. The van der Waals surface area contributed by atoms with Gasteiger partial charge in [-0.25, -0.2) is 76.6 Å². The molecule has 9 saturated heterocycles. The maximum absolute atomic E-state index is 14.8. The molecule has 6 unspecified atom stereocenters. The molecule has 0 aliphatic carbocycles. The molecule has 0 radical (unpaired) electrons. The molecule has 0 aromatic carbocycles. The molecular weight excluding hydrogens is 1980 g/mol. The number of phosphoric acid groups is 6. The monoisotopic (exact) mass is 2050 g/mol. The van der Waals surface area contributed by atoms with Crippen LogP contribution in [0, 0.1) is 12.7 Å². The fourth-order valence-corrected chi connectivity index (χ4v) is 22.1. The number of ether oxygens (including phenoxy) is 6. The second-order valence-electron chi connectivity index (χ2n) is 31.4. The number of H-pyrrole nitrogens is 3. The van der Waals surface area contributed by atoms with Crippen LogP contribution in [-0.4, -0.2) is 312 Å². The van der Waals surface area contributed by atoms with E-state index in [0.717, 1.165) is 43.4 Å². The standard InChI is InChI=1S/C22H25FN8O13P2.C21H26N10O13P2.C21H25N9O13P2/c23-7-3-30(17-11(7)8(24)1-2-26-17)20-14(33)15-10(42-20)5-40-46(37,38)44-16-13(32)9(4-39-45(35,36)43-15)41-21(16)31-6-27-12-18(31)28-22(25)29-19(12)34;1-6-26-15(22)9-16(27-6)30(4-24-9)19-12(33)13-8(42-19)3-40-46(37,38)44-14-11(32)7(2-39-45(35,36)43-13)41-20(14)31-5-25-10-17(31)28-21(23)29-18(10)34;22-7-1-2-24-16-10(7)25-5-29(16)19-13(32)14-9(41-19)4-39-45(36,37)43-15-12(31)8(3-38-44(34,35)42-14)40-20(15)30-6-26-11-17(30)27-21(23)28-18(11)33/h1-3,6,9-10,13-16,20-21,32-33H,4-5H2,(H2,24,26)(H,35,36)(H,37,38)(H3,25,28,29,34);4-5,7-8,11-14,19-20,32-33H,2-3H2,1H3,(H,35,36)(H,37,38)(H2,22,26,27)(H3,23,28,29,34);1-2,5-6,8-9,12-15,19-20,31-32H,3-4H2,(H2,22,24)(H,34,35)(H,36,37)(H3,23,27,28,33)/t9-,10-,13-,14-,15-,16-,20-,21-;7-,8-,11-,12-,13-,14-,19-,20-;8-,9-,12-,13-,14-,15-,19-,20-/m111/s1. The van der Waals surface area contributed by atoms with Gasteiger partial charge >= 0.3 is 46.9 Å². The zero-order chi connectivity index (χ0) is 97.2. The van der Waals surface area contributed by atoms with Gasteiger partial charge in [0.05, 0.1) is 82.4 Å². The molecular formula is C64H76FN27O39P6. The van der Waals surface area contributed by atoms with E-state index in [2.05, 4.69) is 74.8 Å². The lowest BCUT2D eigenvalue weighted by Crippen LogP contribution is -2.36. The molecule has 21 heterocycles. The zero-order valence-corrected chi connectivity index (χ0v) is 74.2. The molecule has 9 fully saturated rings. The van der Waals surface area contributed by atoms with Gasteiger partial charge in [0.1, 0.15) is 132 Å². The largest absolute Gasteiger partial charge is 0.472 e. The van der Waals surface area contributed by atoms with Gasteiger partial charge in [-0.2, -0.15) is 15.0 Å². The van der Waals surface area contributed by atoms with Crippen LogP contribution in [0.1, 0.15) is 43.2 Å². The van der Waals surface area contributed by atoms with Gasteiger partial charge in [0, 0.05) is 24.3 Å². The van der Waals surface area contributed by atoms with Crippen LogP contribution in [0.15, 0.2) is 76.7 Å².